The highest BCUT2D eigenvalue weighted by Gasteiger charge is 2.28. The third-order valence-corrected chi connectivity index (χ3v) is 2.80. The summed E-state index contributed by atoms with van der Waals surface area (Å²) >= 11 is 0. The standard InChI is InChI=1S/C14H18O5/c1-6(2)12(17)10-8(15)5-9(16)11(14(10)19)13(18)7(3)4/h5-7,15-16,19H,1-4H3. The molecule has 0 radical (unpaired) electrons. The van der Waals surface area contributed by atoms with E-state index >= 15 is 0 Å². The molecular formula is C14H18O5. The van der Waals surface area contributed by atoms with E-state index in [-0.39, 0.29) is 11.1 Å². The second-order valence-corrected chi connectivity index (χ2v) is 5.05. The van der Waals surface area contributed by atoms with Crippen LogP contribution in [0, 0.1) is 11.8 Å². The highest BCUT2D eigenvalue weighted by molar-refractivity contribution is 6.09. The van der Waals surface area contributed by atoms with Crippen LogP contribution in [-0.2, 0) is 0 Å². The molecule has 104 valence electrons. The van der Waals surface area contributed by atoms with E-state index in [0.29, 0.717) is 0 Å². The molecule has 1 aromatic rings. The highest BCUT2D eigenvalue weighted by atomic mass is 16.3. The number of carbonyl (C=O) groups is 2. The Hall–Kier alpha value is -2.04. The minimum Gasteiger partial charge on any atom is -0.507 e. The Morgan fingerprint density at radius 3 is 1.42 bits per heavy atom. The first-order valence-corrected chi connectivity index (χ1v) is 6.04. The van der Waals surface area contributed by atoms with E-state index < -0.39 is 40.7 Å². The predicted molar refractivity (Wildman–Crippen MR) is 69.8 cm³/mol. The fraction of sp³-hybridized carbons (Fsp3) is 0.429. The topological polar surface area (TPSA) is 94.8 Å². The number of benzene rings is 1. The monoisotopic (exact) mass is 266 g/mol. The highest BCUT2D eigenvalue weighted by Crippen LogP contribution is 2.39. The number of aromatic hydroxyl groups is 3. The van der Waals surface area contributed by atoms with Crippen LogP contribution in [0.15, 0.2) is 6.07 Å². The van der Waals surface area contributed by atoms with Crippen molar-refractivity contribution in [3.05, 3.63) is 17.2 Å². The number of hydrogen-bond acceptors (Lipinski definition) is 5. The van der Waals surface area contributed by atoms with Gasteiger partial charge in [0.15, 0.2) is 11.6 Å². The molecule has 0 saturated carbocycles. The summed E-state index contributed by atoms with van der Waals surface area (Å²) in [5.74, 6) is -3.62. The number of rotatable bonds is 4. The lowest BCUT2D eigenvalue weighted by atomic mass is 9.92. The van der Waals surface area contributed by atoms with Crippen LogP contribution >= 0.6 is 0 Å². The molecule has 3 N–H and O–H groups in total. The summed E-state index contributed by atoms with van der Waals surface area (Å²) in [5.41, 5.74) is -0.645. The van der Waals surface area contributed by atoms with Gasteiger partial charge < -0.3 is 15.3 Å². The van der Waals surface area contributed by atoms with Gasteiger partial charge in [0.1, 0.15) is 28.4 Å². The summed E-state index contributed by atoms with van der Waals surface area (Å²) in [6, 6.07) is 0.908. The van der Waals surface area contributed by atoms with Crippen molar-refractivity contribution in [2.24, 2.45) is 11.8 Å². The van der Waals surface area contributed by atoms with E-state index in [1.54, 1.807) is 27.7 Å². The zero-order valence-corrected chi connectivity index (χ0v) is 11.4. The third-order valence-electron chi connectivity index (χ3n) is 2.80. The lowest BCUT2D eigenvalue weighted by molar-refractivity contribution is 0.0930. The summed E-state index contributed by atoms with van der Waals surface area (Å²) in [6.45, 7) is 6.44. The molecule has 0 aliphatic rings. The lowest BCUT2D eigenvalue weighted by Crippen LogP contribution is -2.13. The van der Waals surface area contributed by atoms with E-state index in [1.807, 2.05) is 0 Å². The first-order chi connectivity index (χ1) is 8.68. The van der Waals surface area contributed by atoms with E-state index in [9.17, 15) is 24.9 Å². The number of carbonyl (C=O) groups excluding carboxylic acids is 2. The van der Waals surface area contributed by atoms with Gasteiger partial charge in [-0.2, -0.15) is 0 Å². The van der Waals surface area contributed by atoms with Crippen LogP contribution in [0.3, 0.4) is 0 Å². The Balaban J connectivity index is 3.56. The molecule has 0 bridgehead atoms. The van der Waals surface area contributed by atoms with Crippen molar-refractivity contribution in [2.45, 2.75) is 27.7 Å². The number of Topliss-reactive ketones (excluding diaryl/α,β-unsaturated/α-hetero) is 2. The van der Waals surface area contributed by atoms with Crippen LogP contribution in [0.2, 0.25) is 0 Å². The van der Waals surface area contributed by atoms with Crippen molar-refractivity contribution in [3.8, 4) is 17.2 Å². The molecule has 0 fully saturated rings. The van der Waals surface area contributed by atoms with Crippen molar-refractivity contribution in [2.75, 3.05) is 0 Å². The number of ketones is 2. The van der Waals surface area contributed by atoms with Crippen LogP contribution in [0.25, 0.3) is 0 Å². The van der Waals surface area contributed by atoms with Gasteiger partial charge in [0.25, 0.3) is 0 Å². The van der Waals surface area contributed by atoms with Gasteiger partial charge in [-0.15, -0.1) is 0 Å². The smallest absolute Gasteiger partial charge is 0.172 e. The molecule has 0 unspecified atom stereocenters. The van der Waals surface area contributed by atoms with Crippen molar-refractivity contribution in [1.82, 2.24) is 0 Å². The Bertz CT molecular complexity index is 485. The minimum absolute atomic E-state index is 0.322. The van der Waals surface area contributed by atoms with Crippen LogP contribution in [-0.4, -0.2) is 26.9 Å². The van der Waals surface area contributed by atoms with Crippen molar-refractivity contribution < 1.29 is 24.9 Å². The van der Waals surface area contributed by atoms with E-state index in [1.165, 1.54) is 0 Å². The quantitative estimate of drug-likeness (QED) is 0.728. The van der Waals surface area contributed by atoms with Gasteiger partial charge >= 0.3 is 0 Å². The second-order valence-electron chi connectivity index (χ2n) is 5.05. The molecule has 0 heterocycles. The molecule has 1 rings (SSSR count). The Morgan fingerprint density at radius 2 is 1.16 bits per heavy atom. The second kappa shape index (κ2) is 5.30. The lowest BCUT2D eigenvalue weighted by Gasteiger charge is -2.14. The van der Waals surface area contributed by atoms with Crippen molar-refractivity contribution in [3.63, 3.8) is 0 Å². The van der Waals surface area contributed by atoms with Gasteiger partial charge in [-0.05, 0) is 0 Å². The Labute approximate surface area is 111 Å². The molecule has 0 saturated heterocycles. The molecule has 5 heteroatoms. The normalized spacial score (nSPS) is 11.1. The first kappa shape index (κ1) is 15.0. The van der Waals surface area contributed by atoms with Crippen LogP contribution in [0.5, 0.6) is 17.2 Å². The average Bonchev–Trinajstić information content (AvgIpc) is 2.27. The SMILES string of the molecule is CC(C)C(=O)c1c(O)cc(O)c(C(=O)C(C)C)c1O. The van der Waals surface area contributed by atoms with Crippen molar-refractivity contribution in [1.29, 1.82) is 0 Å². The largest absolute Gasteiger partial charge is 0.507 e. The first-order valence-electron chi connectivity index (χ1n) is 6.04. The minimum atomic E-state index is -0.658. The summed E-state index contributed by atoms with van der Waals surface area (Å²) in [7, 11) is 0. The van der Waals surface area contributed by atoms with Crippen LogP contribution < -0.4 is 0 Å². The molecule has 0 aliphatic carbocycles. The molecule has 1 aromatic carbocycles. The average molecular weight is 266 g/mol. The number of hydrogen-bond donors (Lipinski definition) is 3. The van der Waals surface area contributed by atoms with Crippen molar-refractivity contribution >= 4 is 11.6 Å². The molecule has 0 spiro atoms. The van der Waals surface area contributed by atoms with Crippen LogP contribution in [0.4, 0.5) is 0 Å². The summed E-state index contributed by atoms with van der Waals surface area (Å²) < 4.78 is 0. The fourth-order valence-electron chi connectivity index (χ4n) is 1.70. The Morgan fingerprint density at radius 1 is 0.842 bits per heavy atom. The zero-order chi connectivity index (χ0) is 14.9. The van der Waals surface area contributed by atoms with Gasteiger partial charge in [0, 0.05) is 17.9 Å². The maximum Gasteiger partial charge on any atom is 0.172 e. The van der Waals surface area contributed by atoms with E-state index in [2.05, 4.69) is 0 Å². The van der Waals surface area contributed by atoms with Gasteiger partial charge in [-0.25, -0.2) is 0 Å². The molecule has 0 aliphatic heterocycles. The molecule has 0 amide bonds. The number of phenolic OH excluding ortho intramolecular Hbond substituents is 3. The molecule has 19 heavy (non-hydrogen) atoms. The van der Waals surface area contributed by atoms with Gasteiger partial charge in [-0.1, -0.05) is 27.7 Å². The maximum absolute atomic E-state index is 11.9. The molecular weight excluding hydrogens is 248 g/mol. The van der Waals surface area contributed by atoms with E-state index in [4.69, 9.17) is 0 Å². The van der Waals surface area contributed by atoms with Crippen LogP contribution in [0.1, 0.15) is 48.4 Å². The summed E-state index contributed by atoms with van der Waals surface area (Å²) in [5, 5.41) is 29.4. The fourth-order valence-corrected chi connectivity index (χ4v) is 1.70. The van der Waals surface area contributed by atoms with E-state index in [0.717, 1.165) is 6.07 Å². The summed E-state index contributed by atoms with van der Waals surface area (Å²) in [6.07, 6.45) is 0. The van der Waals surface area contributed by atoms with Gasteiger partial charge in [-0.3, -0.25) is 9.59 Å². The molecule has 0 atom stereocenters. The zero-order valence-electron chi connectivity index (χ0n) is 11.4. The molecule has 5 nitrogen and oxygen atoms in total. The molecule has 0 aromatic heterocycles. The number of phenols is 3. The maximum atomic E-state index is 11.9. The third kappa shape index (κ3) is 2.70. The van der Waals surface area contributed by atoms with Gasteiger partial charge in [0.2, 0.25) is 0 Å². The summed E-state index contributed by atoms with van der Waals surface area (Å²) in [4.78, 5) is 23.9. The Kier molecular flexibility index (Phi) is 4.19. The van der Waals surface area contributed by atoms with Gasteiger partial charge in [0.05, 0.1) is 0 Å². The predicted octanol–water partition coefficient (Wildman–Crippen LogP) is 2.48.